The highest BCUT2D eigenvalue weighted by atomic mass is 35.5. The van der Waals surface area contributed by atoms with Crippen LogP contribution in [0.4, 0.5) is 5.69 Å². The zero-order chi connectivity index (χ0) is 20.1. The number of benzene rings is 2. The molecule has 3 rings (SSSR count). The van der Waals surface area contributed by atoms with Crippen molar-refractivity contribution in [2.75, 3.05) is 24.0 Å². The SMILES string of the molecule is COC(=O)c1ccccc1NC(=O)CSc1nnc(-c2ccc(Cl)cc2)n1N. The third-order valence-electron chi connectivity index (χ3n) is 3.71. The molecule has 28 heavy (non-hydrogen) atoms. The maximum absolute atomic E-state index is 12.3. The van der Waals surface area contributed by atoms with Crippen LogP contribution in [0.15, 0.2) is 53.7 Å². The summed E-state index contributed by atoms with van der Waals surface area (Å²) in [5.41, 5.74) is 1.40. The minimum atomic E-state index is -0.530. The molecule has 0 radical (unpaired) electrons. The Balaban J connectivity index is 1.66. The molecule has 3 N–H and O–H groups in total. The van der Waals surface area contributed by atoms with Crippen molar-refractivity contribution in [3.8, 4) is 11.4 Å². The molecule has 0 unspecified atom stereocenters. The Morgan fingerprint density at radius 2 is 1.89 bits per heavy atom. The van der Waals surface area contributed by atoms with Crippen LogP contribution in [-0.2, 0) is 9.53 Å². The van der Waals surface area contributed by atoms with E-state index in [1.54, 1.807) is 48.5 Å². The Hall–Kier alpha value is -3.04. The number of amides is 1. The Bertz CT molecular complexity index is 1010. The molecule has 0 atom stereocenters. The van der Waals surface area contributed by atoms with Gasteiger partial charge in [-0.25, -0.2) is 9.47 Å². The molecule has 0 aliphatic carbocycles. The number of methoxy groups -OCH3 is 1. The van der Waals surface area contributed by atoms with Gasteiger partial charge in [0.05, 0.1) is 24.1 Å². The third-order valence-corrected chi connectivity index (χ3v) is 4.90. The van der Waals surface area contributed by atoms with Gasteiger partial charge in [0, 0.05) is 10.6 Å². The van der Waals surface area contributed by atoms with Crippen LogP contribution in [0.25, 0.3) is 11.4 Å². The second-order valence-corrected chi connectivity index (χ2v) is 6.94. The van der Waals surface area contributed by atoms with Crippen molar-refractivity contribution in [1.29, 1.82) is 0 Å². The topological polar surface area (TPSA) is 112 Å². The fourth-order valence-electron chi connectivity index (χ4n) is 2.37. The lowest BCUT2D eigenvalue weighted by Crippen LogP contribution is -2.18. The summed E-state index contributed by atoms with van der Waals surface area (Å²) in [5.74, 6) is 5.67. The smallest absolute Gasteiger partial charge is 0.339 e. The Morgan fingerprint density at radius 1 is 1.18 bits per heavy atom. The molecule has 0 aliphatic rings. The number of nitrogens with two attached hydrogens (primary N) is 1. The Labute approximate surface area is 170 Å². The van der Waals surface area contributed by atoms with Gasteiger partial charge in [-0.05, 0) is 36.4 Å². The number of hydrogen-bond acceptors (Lipinski definition) is 7. The van der Waals surface area contributed by atoms with Gasteiger partial charge < -0.3 is 15.9 Å². The summed E-state index contributed by atoms with van der Waals surface area (Å²) in [6.45, 7) is 0. The number of anilines is 1. The maximum Gasteiger partial charge on any atom is 0.339 e. The first-order chi connectivity index (χ1) is 13.5. The minimum absolute atomic E-state index is 0.0332. The normalized spacial score (nSPS) is 10.5. The highest BCUT2D eigenvalue weighted by Crippen LogP contribution is 2.23. The first-order valence-corrected chi connectivity index (χ1v) is 9.42. The molecule has 0 fully saturated rings. The number of hydrogen-bond donors (Lipinski definition) is 2. The first kappa shape index (κ1) is 19.7. The number of nitrogens with one attached hydrogen (secondary N) is 1. The van der Waals surface area contributed by atoms with Crippen molar-refractivity contribution in [2.45, 2.75) is 5.16 Å². The van der Waals surface area contributed by atoms with E-state index in [0.717, 1.165) is 17.3 Å². The van der Waals surface area contributed by atoms with Gasteiger partial charge in [0.25, 0.3) is 0 Å². The summed E-state index contributed by atoms with van der Waals surface area (Å²) in [6, 6.07) is 13.6. The highest BCUT2D eigenvalue weighted by Gasteiger charge is 2.16. The van der Waals surface area contributed by atoms with Crippen LogP contribution in [0.1, 0.15) is 10.4 Å². The van der Waals surface area contributed by atoms with Gasteiger partial charge >= 0.3 is 5.97 Å². The molecule has 10 heteroatoms. The molecule has 0 spiro atoms. The summed E-state index contributed by atoms with van der Waals surface area (Å²) >= 11 is 7.01. The van der Waals surface area contributed by atoms with E-state index in [4.69, 9.17) is 22.2 Å². The van der Waals surface area contributed by atoms with E-state index in [2.05, 4.69) is 15.5 Å². The number of esters is 1. The average Bonchev–Trinajstić information content (AvgIpc) is 3.07. The van der Waals surface area contributed by atoms with Gasteiger partial charge in [-0.15, -0.1) is 10.2 Å². The summed E-state index contributed by atoms with van der Waals surface area (Å²) in [4.78, 5) is 24.1. The first-order valence-electron chi connectivity index (χ1n) is 8.06. The van der Waals surface area contributed by atoms with Crippen LogP contribution in [0.5, 0.6) is 0 Å². The lowest BCUT2D eigenvalue weighted by molar-refractivity contribution is -0.113. The van der Waals surface area contributed by atoms with E-state index in [9.17, 15) is 9.59 Å². The van der Waals surface area contributed by atoms with Crippen molar-refractivity contribution in [3.63, 3.8) is 0 Å². The standard InChI is InChI=1S/C18H16ClN5O3S/c1-27-17(26)13-4-2-3-5-14(13)21-15(25)10-28-18-23-22-16(24(18)20)11-6-8-12(19)9-7-11/h2-9H,10,20H2,1H3,(H,21,25). The van der Waals surface area contributed by atoms with Crippen LogP contribution in [0, 0.1) is 0 Å². The van der Waals surface area contributed by atoms with Crippen molar-refractivity contribution in [1.82, 2.24) is 14.9 Å². The molecule has 0 aliphatic heterocycles. The van der Waals surface area contributed by atoms with E-state index in [1.807, 2.05) is 0 Å². The Kier molecular flexibility index (Phi) is 6.17. The summed E-state index contributed by atoms with van der Waals surface area (Å²) in [5, 5.41) is 11.7. The van der Waals surface area contributed by atoms with Gasteiger partial charge in [-0.3, -0.25) is 4.79 Å². The van der Waals surface area contributed by atoms with Gasteiger partial charge in [0.15, 0.2) is 5.82 Å². The molecular weight excluding hydrogens is 402 g/mol. The molecule has 8 nitrogen and oxygen atoms in total. The monoisotopic (exact) mass is 417 g/mol. The van der Waals surface area contributed by atoms with E-state index < -0.39 is 5.97 Å². The van der Waals surface area contributed by atoms with Crippen LogP contribution in [0.3, 0.4) is 0 Å². The zero-order valence-corrected chi connectivity index (χ0v) is 16.3. The molecule has 0 saturated heterocycles. The van der Waals surface area contributed by atoms with Crippen LogP contribution < -0.4 is 11.2 Å². The number of halogens is 1. The lowest BCUT2D eigenvalue weighted by Gasteiger charge is -2.09. The average molecular weight is 418 g/mol. The Morgan fingerprint density at radius 3 is 2.61 bits per heavy atom. The molecule has 0 saturated carbocycles. The largest absolute Gasteiger partial charge is 0.465 e. The number of carbonyl (C=O) groups excluding carboxylic acids is 2. The molecule has 3 aromatic rings. The summed E-state index contributed by atoms with van der Waals surface area (Å²) in [6.07, 6.45) is 0. The number of thioether (sulfide) groups is 1. The quantitative estimate of drug-likeness (QED) is 0.360. The minimum Gasteiger partial charge on any atom is -0.465 e. The molecule has 1 aromatic heterocycles. The fourth-order valence-corrected chi connectivity index (χ4v) is 3.15. The van der Waals surface area contributed by atoms with Crippen molar-refractivity contribution in [2.24, 2.45) is 0 Å². The predicted octanol–water partition coefficient (Wildman–Crippen LogP) is 2.83. The molecule has 2 aromatic carbocycles. The molecule has 0 bridgehead atoms. The highest BCUT2D eigenvalue weighted by molar-refractivity contribution is 7.99. The van der Waals surface area contributed by atoms with Crippen LogP contribution in [-0.4, -0.2) is 39.6 Å². The molecule has 1 heterocycles. The van der Waals surface area contributed by atoms with E-state index in [-0.39, 0.29) is 17.2 Å². The van der Waals surface area contributed by atoms with Crippen molar-refractivity contribution in [3.05, 3.63) is 59.1 Å². The number of ether oxygens (including phenoxy) is 1. The summed E-state index contributed by atoms with van der Waals surface area (Å²) < 4.78 is 6.02. The lowest BCUT2D eigenvalue weighted by atomic mass is 10.2. The molecular formula is C18H16ClN5O3S. The van der Waals surface area contributed by atoms with Crippen molar-refractivity contribution < 1.29 is 14.3 Å². The number of aromatic nitrogens is 3. The van der Waals surface area contributed by atoms with Crippen molar-refractivity contribution >= 4 is 40.9 Å². The fraction of sp³-hybridized carbons (Fsp3) is 0.111. The predicted molar refractivity (Wildman–Crippen MR) is 108 cm³/mol. The van der Waals surface area contributed by atoms with Gasteiger partial charge in [-0.1, -0.05) is 35.5 Å². The second kappa shape index (κ2) is 8.77. The van der Waals surface area contributed by atoms with Crippen LogP contribution in [0.2, 0.25) is 5.02 Å². The van der Waals surface area contributed by atoms with Gasteiger partial charge in [-0.2, -0.15) is 0 Å². The third kappa shape index (κ3) is 4.44. The van der Waals surface area contributed by atoms with E-state index >= 15 is 0 Å². The maximum atomic E-state index is 12.3. The number of para-hydroxylation sites is 1. The van der Waals surface area contributed by atoms with Crippen LogP contribution >= 0.6 is 23.4 Å². The zero-order valence-electron chi connectivity index (χ0n) is 14.8. The van der Waals surface area contributed by atoms with E-state index in [0.29, 0.717) is 21.7 Å². The number of rotatable bonds is 6. The summed E-state index contributed by atoms with van der Waals surface area (Å²) in [7, 11) is 1.28. The molecule has 1 amide bonds. The number of nitrogen functional groups attached to an aromatic ring is 1. The number of nitrogens with zero attached hydrogens (tertiary/aromatic N) is 3. The molecule has 144 valence electrons. The second-order valence-electron chi connectivity index (χ2n) is 5.56. The van der Waals surface area contributed by atoms with E-state index in [1.165, 1.54) is 11.8 Å². The van der Waals surface area contributed by atoms with Gasteiger partial charge in [0.1, 0.15) is 0 Å². The number of carbonyl (C=O) groups is 2. The van der Waals surface area contributed by atoms with Gasteiger partial charge in [0.2, 0.25) is 11.1 Å².